The number of nitriles is 1. The van der Waals surface area contributed by atoms with E-state index in [1.807, 2.05) is 36.1 Å². The van der Waals surface area contributed by atoms with Crippen molar-refractivity contribution in [3.05, 3.63) is 52.1 Å². The molecule has 198 valence electrons. The van der Waals surface area contributed by atoms with E-state index in [9.17, 15) is 19.6 Å². The summed E-state index contributed by atoms with van der Waals surface area (Å²) in [5.41, 5.74) is 2.85. The fourth-order valence-corrected chi connectivity index (χ4v) is 7.49. The molecule has 4 aliphatic heterocycles. The zero-order valence-electron chi connectivity index (χ0n) is 21.4. The molecule has 0 spiro atoms. The smallest absolute Gasteiger partial charge is 0.326 e. The standard InChI is InChI=1S/C28H32N6O3S/c1-16-5-2-3-7-20(16)34-21-10-11-30-26-22(21)23(32-28(34)37)24(38-26)25(35)31-19-6-4-12-33(15-19)27(36)18(14-29)13-17-8-9-17/h2-3,5,7,13,17,19,21-22,26,30H,4,6,8-12,15H2,1H3,(H,31,35)(H,32,37)/b18-13+/t19-,21?,22?,26?/m0/s1. The highest BCUT2D eigenvalue weighted by Crippen LogP contribution is 2.48. The molecule has 1 aromatic carbocycles. The van der Waals surface area contributed by atoms with Gasteiger partial charge in [-0.1, -0.05) is 36.0 Å². The van der Waals surface area contributed by atoms with Crippen LogP contribution in [-0.4, -0.2) is 59.8 Å². The minimum atomic E-state index is -0.246. The Balaban J connectivity index is 1.19. The van der Waals surface area contributed by atoms with Crippen LogP contribution in [0, 0.1) is 30.1 Å². The van der Waals surface area contributed by atoms with E-state index in [2.05, 4.69) is 22.0 Å². The van der Waals surface area contributed by atoms with Crippen LogP contribution in [0.5, 0.6) is 0 Å². The van der Waals surface area contributed by atoms with Crippen molar-refractivity contribution in [2.24, 2.45) is 11.8 Å². The molecule has 10 heteroatoms. The van der Waals surface area contributed by atoms with E-state index in [1.165, 1.54) is 11.8 Å². The molecule has 1 aliphatic carbocycles. The summed E-state index contributed by atoms with van der Waals surface area (Å²) < 4.78 is 0. The van der Waals surface area contributed by atoms with Crippen molar-refractivity contribution in [2.75, 3.05) is 24.5 Å². The van der Waals surface area contributed by atoms with Crippen molar-refractivity contribution in [2.45, 2.75) is 56.5 Å². The molecule has 4 heterocycles. The van der Waals surface area contributed by atoms with Gasteiger partial charge >= 0.3 is 6.03 Å². The maximum atomic E-state index is 13.5. The summed E-state index contributed by atoms with van der Waals surface area (Å²) in [6.45, 7) is 3.74. The Bertz CT molecular complexity index is 1280. The highest BCUT2D eigenvalue weighted by molar-refractivity contribution is 8.04. The maximum Gasteiger partial charge on any atom is 0.326 e. The number of nitrogens with one attached hydrogen (secondary N) is 3. The van der Waals surface area contributed by atoms with Gasteiger partial charge in [0.2, 0.25) is 0 Å². The van der Waals surface area contributed by atoms with Gasteiger partial charge in [0, 0.05) is 36.4 Å². The summed E-state index contributed by atoms with van der Waals surface area (Å²) in [5, 5.41) is 19.2. The molecule has 9 nitrogen and oxygen atoms in total. The number of thioether (sulfide) groups is 1. The molecular weight excluding hydrogens is 500 g/mol. The number of rotatable bonds is 5. The summed E-state index contributed by atoms with van der Waals surface area (Å²) in [4.78, 5) is 44.0. The predicted molar refractivity (Wildman–Crippen MR) is 145 cm³/mol. The molecule has 0 bridgehead atoms. The normalized spacial score (nSPS) is 28.9. The Morgan fingerprint density at radius 2 is 2.03 bits per heavy atom. The molecule has 1 aromatic rings. The number of piperidine rings is 2. The van der Waals surface area contributed by atoms with Gasteiger partial charge in [-0.3, -0.25) is 14.5 Å². The van der Waals surface area contributed by atoms with E-state index >= 15 is 0 Å². The fourth-order valence-electron chi connectivity index (χ4n) is 6.09. The summed E-state index contributed by atoms with van der Waals surface area (Å²) in [7, 11) is 0. The van der Waals surface area contributed by atoms with Gasteiger partial charge in [0.1, 0.15) is 11.6 Å². The number of allylic oxidation sites excluding steroid dienone is 1. The number of amides is 4. The van der Waals surface area contributed by atoms with E-state index in [0.29, 0.717) is 29.6 Å². The topological polar surface area (TPSA) is 118 Å². The van der Waals surface area contributed by atoms with Crippen molar-refractivity contribution in [3.63, 3.8) is 0 Å². The first-order valence-corrected chi connectivity index (χ1v) is 14.3. The third-order valence-corrected chi connectivity index (χ3v) is 9.50. The van der Waals surface area contributed by atoms with E-state index in [0.717, 1.165) is 49.9 Å². The van der Waals surface area contributed by atoms with Gasteiger partial charge in [0.05, 0.1) is 16.3 Å². The molecule has 3 unspecified atom stereocenters. The second kappa shape index (κ2) is 10.1. The number of anilines is 1. The van der Waals surface area contributed by atoms with Gasteiger partial charge in [-0.25, -0.2) is 4.79 Å². The summed E-state index contributed by atoms with van der Waals surface area (Å²) in [6, 6.07) is 9.52. The maximum absolute atomic E-state index is 13.5. The van der Waals surface area contributed by atoms with Gasteiger partial charge in [-0.05, 0) is 63.1 Å². The van der Waals surface area contributed by atoms with E-state index in [1.54, 1.807) is 11.0 Å². The quantitative estimate of drug-likeness (QED) is 0.397. The summed E-state index contributed by atoms with van der Waals surface area (Å²) in [6.07, 6.45) is 6.18. The zero-order valence-corrected chi connectivity index (χ0v) is 22.2. The summed E-state index contributed by atoms with van der Waals surface area (Å²) in [5.74, 6) is -0.125. The minimum absolute atomic E-state index is 0.00629. The van der Waals surface area contributed by atoms with Crippen molar-refractivity contribution in [1.29, 1.82) is 5.26 Å². The molecule has 38 heavy (non-hydrogen) atoms. The van der Waals surface area contributed by atoms with E-state index in [4.69, 9.17) is 0 Å². The number of carbonyl (C=O) groups excluding carboxylic acids is 3. The molecule has 4 fully saturated rings. The van der Waals surface area contributed by atoms with Gasteiger partial charge in [-0.2, -0.15) is 5.26 Å². The Labute approximate surface area is 226 Å². The van der Waals surface area contributed by atoms with Gasteiger partial charge in [0.25, 0.3) is 11.8 Å². The van der Waals surface area contributed by atoms with E-state index in [-0.39, 0.29) is 46.8 Å². The highest BCUT2D eigenvalue weighted by Gasteiger charge is 2.52. The third-order valence-electron chi connectivity index (χ3n) is 8.14. The van der Waals surface area contributed by atoms with Gasteiger partial charge in [-0.15, -0.1) is 0 Å². The van der Waals surface area contributed by atoms with Crippen molar-refractivity contribution in [3.8, 4) is 6.07 Å². The summed E-state index contributed by atoms with van der Waals surface area (Å²) >= 11 is 1.48. The largest absolute Gasteiger partial charge is 0.347 e. The lowest BCUT2D eigenvalue weighted by Gasteiger charge is -2.46. The molecule has 3 saturated heterocycles. The molecule has 3 N–H and O–H groups in total. The van der Waals surface area contributed by atoms with Crippen molar-refractivity contribution in [1.82, 2.24) is 20.9 Å². The van der Waals surface area contributed by atoms with Gasteiger partial charge < -0.3 is 20.9 Å². The number of likely N-dealkylation sites (tertiary alicyclic amines) is 1. The lowest BCUT2D eigenvalue weighted by Crippen LogP contribution is -2.62. The Hall–Kier alpha value is -3.29. The Morgan fingerprint density at radius 3 is 2.79 bits per heavy atom. The minimum Gasteiger partial charge on any atom is -0.347 e. The molecule has 4 amide bonds. The molecule has 4 atom stereocenters. The van der Waals surface area contributed by atoms with Crippen LogP contribution < -0.4 is 20.9 Å². The van der Waals surface area contributed by atoms with Crippen molar-refractivity contribution < 1.29 is 14.4 Å². The number of hydrogen-bond donors (Lipinski definition) is 3. The number of aryl methyl sites for hydroxylation is 1. The van der Waals surface area contributed by atoms with Crippen LogP contribution >= 0.6 is 11.8 Å². The van der Waals surface area contributed by atoms with Crippen LogP contribution in [0.2, 0.25) is 0 Å². The lowest BCUT2D eigenvalue weighted by atomic mass is 9.86. The number of benzene rings is 1. The number of para-hydroxylation sites is 1. The lowest BCUT2D eigenvalue weighted by molar-refractivity contribution is -0.129. The molecule has 0 aromatic heterocycles. The number of urea groups is 1. The first-order valence-electron chi connectivity index (χ1n) is 13.5. The first-order chi connectivity index (χ1) is 18.4. The van der Waals surface area contributed by atoms with Crippen LogP contribution in [-0.2, 0) is 9.59 Å². The Kier molecular flexibility index (Phi) is 6.66. The average Bonchev–Trinajstić information content (AvgIpc) is 3.67. The second-order valence-electron chi connectivity index (χ2n) is 10.8. The second-order valence-corrected chi connectivity index (χ2v) is 11.9. The number of carbonyl (C=O) groups is 3. The molecule has 5 aliphatic rings. The van der Waals surface area contributed by atoms with Crippen molar-refractivity contribution >= 4 is 35.3 Å². The van der Waals surface area contributed by atoms with Crippen LogP contribution in [0.25, 0.3) is 0 Å². The number of nitrogens with zero attached hydrogens (tertiary/aromatic N) is 3. The van der Waals surface area contributed by atoms with Gasteiger partial charge in [0.15, 0.2) is 0 Å². The van der Waals surface area contributed by atoms with Crippen LogP contribution in [0.15, 0.2) is 46.5 Å². The van der Waals surface area contributed by atoms with Crippen LogP contribution in [0.3, 0.4) is 0 Å². The fraction of sp³-hybridized carbons (Fsp3) is 0.500. The van der Waals surface area contributed by atoms with Crippen LogP contribution in [0.1, 0.15) is 37.7 Å². The molecular formula is C28H32N6O3S. The number of hydrogen-bond acceptors (Lipinski definition) is 6. The molecule has 6 rings (SSSR count). The molecule has 0 radical (unpaired) electrons. The van der Waals surface area contributed by atoms with Crippen LogP contribution in [0.4, 0.5) is 10.5 Å². The zero-order chi connectivity index (χ0) is 26.4. The third kappa shape index (κ3) is 4.58. The SMILES string of the molecule is Cc1ccccc1N1C(=O)NC2=C(C(=O)N[C@H]3CCCN(C(=O)/C(C#N)=C/C4CC4)C3)SC3NCCC1C23. The first kappa shape index (κ1) is 25.0. The monoisotopic (exact) mass is 532 g/mol. The predicted octanol–water partition coefficient (Wildman–Crippen LogP) is 2.75. The molecule has 1 saturated carbocycles. The van der Waals surface area contributed by atoms with E-state index < -0.39 is 0 Å². The average molecular weight is 533 g/mol. The highest BCUT2D eigenvalue weighted by atomic mass is 32.2. The Morgan fingerprint density at radius 1 is 1.21 bits per heavy atom.